The van der Waals surface area contributed by atoms with Gasteiger partial charge in [-0.3, -0.25) is 14.5 Å². The molecule has 0 bridgehead atoms. The maximum Gasteiger partial charge on any atom is 0.254 e. The molecule has 1 aromatic carbocycles. The number of hydrogen-bond acceptors (Lipinski definition) is 4. The van der Waals surface area contributed by atoms with E-state index in [2.05, 4.69) is 10.2 Å². The van der Waals surface area contributed by atoms with Crippen LogP contribution in [0.4, 0.5) is 0 Å². The SMILES string of the molecule is O=C(CN1Cc2ccccc2C1=O)N1CCC(N2CCNCC2)C1. The molecular weight excluding hydrogens is 304 g/mol. The lowest BCUT2D eigenvalue weighted by molar-refractivity contribution is -0.131. The van der Waals surface area contributed by atoms with E-state index in [0.29, 0.717) is 12.6 Å². The van der Waals surface area contributed by atoms with Gasteiger partial charge in [-0.25, -0.2) is 0 Å². The van der Waals surface area contributed by atoms with E-state index >= 15 is 0 Å². The van der Waals surface area contributed by atoms with Gasteiger partial charge in [0.1, 0.15) is 6.54 Å². The molecule has 2 fully saturated rings. The van der Waals surface area contributed by atoms with Gasteiger partial charge in [-0.2, -0.15) is 0 Å². The van der Waals surface area contributed by atoms with Crippen molar-refractivity contribution in [1.82, 2.24) is 20.0 Å². The number of nitrogens with zero attached hydrogens (tertiary/aromatic N) is 3. The second kappa shape index (κ2) is 6.53. The Morgan fingerprint density at radius 3 is 2.75 bits per heavy atom. The molecule has 2 amide bonds. The van der Waals surface area contributed by atoms with Crippen molar-refractivity contribution in [2.75, 3.05) is 45.8 Å². The number of benzene rings is 1. The van der Waals surface area contributed by atoms with Crippen LogP contribution in [0.3, 0.4) is 0 Å². The first-order valence-corrected chi connectivity index (χ1v) is 8.82. The molecule has 24 heavy (non-hydrogen) atoms. The van der Waals surface area contributed by atoms with E-state index in [4.69, 9.17) is 0 Å². The molecule has 2 saturated heterocycles. The molecule has 0 saturated carbocycles. The highest BCUT2D eigenvalue weighted by molar-refractivity contribution is 6.00. The summed E-state index contributed by atoms with van der Waals surface area (Å²) in [7, 11) is 0. The minimum Gasteiger partial charge on any atom is -0.340 e. The van der Waals surface area contributed by atoms with Crippen molar-refractivity contribution in [3.63, 3.8) is 0 Å². The molecule has 1 N–H and O–H groups in total. The van der Waals surface area contributed by atoms with Crippen LogP contribution in [0.2, 0.25) is 0 Å². The molecule has 1 atom stereocenters. The van der Waals surface area contributed by atoms with E-state index < -0.39 is 0 Å². The number of rotatable bonds is 3. The Balaban J connectivity index is 1.33. The van der Waals surface area contributed by atoms with Gasteiger partial charge >= 0.3 is 0 Å². The van der Waals surface area contributed by atoms with E-state index in [1.165, 1.54) is 0 Å². The Bertz CT molecular complexity index is 642. The zero-order valence-electron chi connectivity index (χ0n) is 13.9. The molecule has 0 spiro atoms. The third kappa shape index (κ3) is 2.91. The van der Waals surface area contributed by atoms with Crippen LogP contribution in [0.1, 0.15) is 22.3 Å². The summed E-state index contributed by atoms with van der Waals surface area (Å²) < 4.78 is 0. The number of carbonyl (C=O) groups excluding carboxylic acids is 2. The van der Waals surface area contributed by atoms with Gasteiger partial charge in [0.25, 0.3) is 5.91 Å². The lowest BCUT2D eigenvalue weighted by atomic mass is 10.1. The third-order valence-corrected chi connectivity index (χ3v) is 5.41. The summed E-state index contributed by atoms with van der Waals surface area (Å²) in [6, 6.07) is 8.10. The summed E-state index contributed by atoms with van der Waals surface area (Å²) in [5, 5.41) is 3.37. The summed E-state index contributed by atoms with van der Waals surface area (Å²) in [6.07, 6.45) is 1.04. The topological polar surface area (TPSA) is 55.9 Å². The second-order valence-corrected chi connectivity index (χ2v) is 6.89. The average molecular weight is 328 g/mol. The molecule has 3 heterocycles. The Morgan fingerprint density at radius 1 is 1.17 bits per heavy atom. The fourth-order valence-electron chi connectivity index (χ4n) is 4.02. The first-order chi connectivity index (χ1) is 11.7. The molecule has 0 aromatic heterocycles. The Hall–Kier alpha value is -1.92. The first kappa shape index (κ1) is 15.6. The fraction of sp³-hybridized carbons (Fsp3) is 0.556. The second-order valence-electron chi connectivity index (χ2n) is 6.89. The summed E-state index contributed by atoms with van der Waals surface area (Å²) in [5.41, 5.74) is 1.76. The Labute approximate surface area is 142 Å². The van der Waals surface area contributed by atoms with Crippen molar-refractivity contribution >= 4 is 11.8 Å². The zero-order chi connectivity index (χ0) is 16.5. The molecule has 1 aromatic rings. The maximum absolute atomic E-state index is 12.6. The number of hydrogen-bond donors (Lipinski definition) is 1. The van der Waals surface area contributed by atoms with Crippen molar-refractivity contribution in [1.29, 1.82) is 0 Å². The van der Waals surface area contributed by atoms with E-state index in [9.17, 15) is 9.59 Å². The highest BCUT2D eigenvalue weighted by atomic mass is 16.2. The summed E-state index contributed by atoms with van der Waals surface area (Å²) in [6.45, 7) is 6.54. The molecule has 0 aliphatic carbocycles. The zero-order valence-corrected chi connectivity index (χ0v) is 13.9. The smallest absolute Gasteiger partial charge is 0.254 e. The van der Waals surface area contributed by atoms with Gasteiger partial charge in [0.2, 0.25) is 5.91 Å². The van der Waals surface area contributed by atoms with Crippen molar-refractivity contribution in [2.24, 2.45) is 0 Å². The molecule has 4 rings (SSSR count). The third-order valence-electron chi connectivity index (χ3n) is 5.41. The quantitative estimate of drug-likeness (QED) is 0.858. The molecule has 0 radical (unpaired) electrons. The number of carbonyl (C=O) groups is 2. The van der Waals surface area contributed by atoms with Gasteiger partial charge in [-0.15, -0.1) is 0 Å². The molecule has 3 aliphatic rings. The summed E-state index contributed by atoms with van der Waals surface area (Å²) in [4.78, 5) is 31.1. The van der Waals surface area contributed by atoms with Crippen LogP contribution in [0, 0.1) is 0 Å². The van der Waals surface area contributed by atoms with Crippen molar-refractivity contribution in [3.8, 4) is 0 Å². The van der Waals surface area contributed by atoms with Crippen LogP contribution in [-0.2, 0) is 11.3 Å². The van der Waals surface area contributed by atoms with Crippen molar-refractivity contribution < 1.29 is 9.59 Å². The first-order valence-electron chi connectivity index (χ1n) is 8.82. The monoisotopic (exact) mass is 328 g/mol. The molecule has 6 nitrogen and oxygen atoms in total. The van der Waals surface area contributed by atoms with Gasteiger partial charge < -0.3 is 15.1 Å². The molecule has 1 unspecified atom stereocenters. The normalized spacial score (nSPS) is 24.5. The van der Waals surface area contributed by atoms with Gasteiger partial charge in [0, 0.05) is 57.4 Å². The lowest BCUT2D eigenvalue weighted by Gasteiger charge is -2.32. The number of likely N-dealkylation sites (tertiary alicyclic amines) is 1. The predicted molar refractivity (Wildman–Crippen MR) is 90.6 cm³/mol. The van der Waals surface area contributed by atoms with Crippen LogP contribution in [0.15, 0.2) is 24.3 Å². The number of nitrogens with one attached hydrogen (secondary N) is 1. The standard InChI is InChI=1S/C18H24N4O2/c23-17(13-22-11-14-3-1-2-4-16(14)18(22)24)21-8-5-15(12-21)20-9-6-19-7-10-20/h1-4,15,19H,5-13H2. The van der Waals surface area contributed by atoms with Crippen LogP contribution in [-0.4, -0.2) is 78.4 Å². The number of amides is 2. The fourth-order valence-corrected chi connectivity index (χ4v) is 4.02. The van der Waals surface area contributed by atoms with E-state index in [1.807, 2.05) is 29.2 Å². The van der Waals surface area contributed by atoms with Gasteiger partial charge in [0.05, 0.1) is 0 Å². The minimum absolute atomic E-state index is 0.0169. The van der Waals surface area contributed by atoms with E-state index in [1.54, 1.807) is 4.90 Å². The molecule has 128 valence electrons. The van der Waals surface area contributed by atoms with Crippen LogP contribution in [0.5, 0.6) is 0 Å². The molecule has 3 aliphatic heterocycles. The van der Waals surface area contributed by atoms with Gasteiger partial charge in [-0.05, 0) is 18.1 Å². The number of fused-ring (bicyclic) bond motifs is 1. The van der Waals surface area contributed by atoms with Crippen LogP contribution >= 0.6 is 0 Å². The maximum atomic E-state index is 12.6. The summed E-state index contributed by atoms with van der Waals surface area (Å²) >= 11 is 0. The number of piperazine rings is 1. The van der Waals surface area contributed by atoms with Crippen molar-refractivity contribution in [3.05, 3.63) is 35.4 Å². The van der Waals surface area contributed by atoms with E-state index in [0.717, 1.165) is 56.8 Å². The average Bonchev–Trinajstić information content (AvgIpc) is 3.22. The molecular formula is C18H24N4O2. The Kier molecular flexibility index (Phi) is 4.24. The molecule has 6 heteroatoms. The van der Waals surface area contributed by atoms with Gasteiger partial charge in [0.15, 0.2) is 0 Å². The van der Waals surface area contributed by atoms with Crippen LogP contribution in [0.25, 0.3) is 0 Å². The Morgan fingerprint density at radius 2 is 1.96 bits per heavy atom. The largest absolute Gasteiger partial charge is 0.340 e. The minimum atomic E-state index is -0.0169. The van der Waals surface area contributed by atoms with Crippen LogP contribution < -0.4 is 5.32 Å². The lowest BCUT2D eigenvalue weighted by Crippen LogP contribution is -2.49. The van der Waals surface area contributed by atoms with Gasteiger partial charge in [-0.1, -0.05) is 18.2 Å². The highest BCUT2D eigenvalue weighted by Crippen LogP contribution is 2.23. The predicted octanol–water partition coefficient (Wildman–Crippen LogP) is 0.149. The van der Waals surface area contributed by atoms with Crippen molar-refractivity contribution in [2.45, 2.75) is 19.0 Å². The highest BCUT2D eigenvalue weighted by Gasteiger charge is 2.34. The summed E-state index contributed by atoms with van der Waals surface area (Å²) in [5.74, 6) is 0.0607. The van der Waals surface area contributed by atoms with E-state index in [-0.39, 0.29) is 18.4 Å².